The van der Waals surface area contributed by atoms with E-state index in [-0.39, 0.29) is 23.9 Å². The maximum Gasteiger partial charge on any atom is 0.243 e. The number of nitrogens with one attached hydrogen (secondary N) is 1. The molecule has 11 nitrogen and oxygen atoms in total. The number of nitrogens with zero attached hydrogens (tertiary/aromatic N) is 8. The summed E-state index contributed by atoms with van der Waals surface area (Å²) >= 11 is 0. The van der Waals surface area contributed by atoms with Gasteiger partial charge in [-0.1, -0.05) is 24.3 Å². The van der Waals surface area contributed by atoms with Gasteiger partial charge >= 0.3 is 0 Å². The molecule has 3 saturated heterocycles. The number of hydrogen-bond acceptors (Lipinski definition) is 9. The Bertz CT molecular complexity index is 2180. The maximum absolute atomic E-state index is 14.8. The molecule has 4 aliphatic rings. The molecule has 13 heteroatoms. The van der Waals surface area contributed by atoms with Gasteiger partial charge in [0.05, 0.1) is 29.5 Å². The van der Waals surface area contributed by atoms with Crippen molar-refractivity contribution >= 4 is 29.1 Å². The first-order valence-electron chi connectivity index (χ1n) is 18.1. The lowest BCUT2D eigenvalue weighted by Crippen LogP contribution is -2.50. The Morgan fingerprint density at radius 1 is 0.827 bits per heavy atom. The van der Waals surface area contributed by atoms with Gasteiger partial charge in [-0.15, -0.1) is 0 Å². The highest BCUT2D eigenvalue weighted by Gasteiger charge is 2.35. The van der Waals surface area contributed by atoms with E-state index in [2.05, 4.69) is 48.2 Å². The number of carbonyl (C=O) groups excluding carboxylic acids is 2. The number of carbonyl (C=O) groups is 2. The van der Waals surface area contributed by atoms with Gasteiger partial charge in [0.15, 0.2) is 5.65 Å². The molecule has 3 fully saturated rings. The molecule has 1 N–H and O–H groups in total. The van der Waals surface area contributed by atoms with Gasteiger partial charge in [0.2, 0.25) is 11.8 Å². The molecule has 1 unspecified atom stereocenters. The topological polar surface area (TPSA) is 102 Å². The van der Waals surface area contributed by atoms with Crippen LogP contribution in [0.2, 0.25) is 0 Å². The van der Waals surface area contributed by atoms with E-state index in [1.54, 1.807) is 10.7 Å². The smallest absolute Gasteiger partial charge is 0.243 e. The van der Waals surface area contributed by atoms with Crippen molar-refractivity contribution in [3.05, 3.63) is 107 Å². The van der Waals surface area contributed by atoms with Gasteiger partial charge < -0.3 is 9.80 Å². The summed E-state index contributed by atoms with van der Waals surface area (Å²) in [6.45, 7) is 6.49. The number of imide groups is 1. The van der Waals surface area contributed by atoms with E-state index in [4.69, 9.17) is 9.97 Å². The van der Waals surface area contributed by atoms with E-state index >= 15 is 0 Å². The summed E-state index contributed by atoms with van der Waals surface area (Å²) in [4.78, 5) is 43.1. The lowest BCUT2D eigenvalue weighted by molar-refractivity contribution is -0.137. The van der Waals surface area contributed by atoms with Crippen molar-refractivity contribution in [2.45, 2.75) is 57.4 Å². The fourth-order valence-electron chi connectivity index (χ4n) is 8.30. The van der Waals surface area contributed by atoms with Crippen LogP contribution in [0, 0.1) is 11.6 Å². The van der Waals surface area contributed by atoms with Crippen LogP contribution in [0.4, 0.5) is 20.4 Å². The third-order valence-corrected chi connectivity index (χ3v) is 11.0. The van der Waals surface area contributed by atoms with Crippen LogP contribution in [0.1, 0.15) is 54.0 Å². The first kappa shape index (κ1) is 32.6. The van der Waals surface area contributed by atoms with Gasteiger partial charge in [-0.05, 0) is 72.4 Å². The van der Waals surface area contributed by atoms with Gasteiger partial charge in [0.25, 0.3) is 0 Å². The van der Waals surface area contributed by atoms with Crippen molar-refractivity contribution in [1.82, 2.24) is 34.7 Å². The highest BCUT2D eigenvalue weighted by molar-refractivity contribution is 6.00. The molecule has 9 rings (SSSR count). The Morgan fingerprint density at radius 3 is 2.56 bits per heavy atom. The second kappa shape index (κ2) is 13.4. The first-order valence-corrected chi connectivity index (χ1v) is 18.1. The third kappa shape index (κ3) is 6.17. The fraction of sp³-hybridized carbons (Fsp3) is 0.359. The van der Waals surface area contributed by atoms with E-state index < -0.39 is 11.6 Å². The standard InChI is InChI=1S/C39H39F2N9O2/c40-28-8-9-31(41)29(20-28)33-4-2-13-49(33)36-12-14-50-38(44-36)30(21-42-50)32-3-1-5-35(43-32)47-17-15-46(16-18-47)22-25-6-7-26-23-48(24-27(26)19-25)34-10-11-37(51)45-39(34)52/h1,3,5-9,12,14,19-21,33-34H,2,4,10-11,13,15-18,22-24H2,(H,45,51,52)/t33-,34?/m1/s1. The molecule has 7 heterocycles. The highest BCUT2D eigenvalue weighted by Crippen LogP contribution is 2.37. The molecule has 266 valence electrons. The molecule has 0 saturated carbocycles. The minimum Gasteiger partial charge on any atom is -0.354 e. The summed E-state index contributed by atoms with van der Waals surface area (Å²) in [6.07, 6.45) is 6.18. The number of benzene rings is 2. The van der Waals surface area contributed by atoms with E-state index in [0.717, 1.165) is 81.8 Å². The number of piperidine rings is 1. The number of hydrogen-bond donors (Lipinski definition) is 1. The van der Waals surface area contributed by atoms with Crippen LogP contribution in [-0.4, -0.2) is 80.0 Å². The SMILES string of the molecule is O=C1CCC(N2Cc3ccc(CN4CCN(c5cccc(-c6cnn7ccc(N8CCC[C@@H]8c8cc(F)ccc8F)nc67)n5)CC4)cc3C2)C(=O)N1. The average molecular weight is 704 g/mol. The highest BCUT2D eigenvalue weighted by atomic mass is 19.1. The predicted molar refractivity (Wildman–Crippen MR) is 191 cm³/mol. The molecule has 52 heavy (non-hydrogen) atoms. The minimum absolute atomic E-state index is 0.181. The van der Waals surface area contributed by atoms with Gasteiger partial charge in [0, 0.05) is 70.5 Å². The first-order chi connectivity index (χ1) is 25.4. The predicted octanol–water partition coefficient (Wildman–Crippen LogP) is 4.85. The Morgan fingerprint density at radius 2 is 1.69 bits per heavy atom. The Balaban J connectivity index is 0.862. The summed E-state index contributed by atoms with van der Waals surface area (Å²) in [5.74, 6) is 0.383. The van der Waals surface area contributed by atoms with Crippen LogP contribution >= 0.6 is 0 Å². The molecule has 5 aromatic rings. The van der Waals surface area contributed by atoms with Gasteiger partial charge in [-0.25, -0.2) is 23.3 Å². The molecular formula is C39H39F2N9O2. The van der Waals surface area contributed by atoms with Gasteiger partial charge in [-0.3, -0.25) is 24.7 Å². The van der Waals surface area contributed by atoms with Crippen LogP contribution < -0.4 is 15.1 Å². The summed E-state index contributed by atoms with van der Waals surface area (Å²) in [7, 11) is 0. The van der Waals surface area contributed by atoms with Crippen LogP contribution in [0.25, 0.3) is 16.9 Å². The normalized spacial score (nSPS) is 21.3. The summed E-state index contributed by atoms with van der Waals surface area (Å²) in [5, 5.41) is 7.04. The van der Waals surface area contributed by atoms with E-state index in [9.17, 15) is 18.4 Å². The lowest BCUT2D eigenvalue weighted by Gasteiger charge is -2.35. The van der Waals surface area contributed by atoms with E-state index in [1.807, 2.05) is 30.5 Å². The van der Waals surface area contributed by atoms with Crippen LogP contribution in [0.15, 0.2) is 73.1 Å². The quantitative estimate of drug-likeness (QED) is 0.239. The Labute approximate surface area is 299 Å². The van der Waals surface area contributed by atoms with Crippen molar-refractivity contribution in [1.29, 1.82) is 0 Å². The maximum atomic E-state index is 14.8. The van der Waals surface area contributed by atoms with Crippen molar-refractivity contribution in [2.75, 3.05) is 42.5 Å². The number of aromatic nitrogens is 4. The number of anilines is 2. The number of amides is 2. The van der Waals surface area contributed by atoms with Crippen LogP contribution in [-0.2, 0) is 29.2 Å². The number of piperazine rings is 1. The molecular weight excluding hydrogens is 664 g/mol. The molecule has 2 aromatic carbocycles. The molecule has 0 bridgehead atoms. The molecule has 0 radical (unpaired) electrons. The number of halogens is 2. The second-order valence-corrected chi connectivity index (χ2v) is 14.2. The minimum atomic E-state index is -0.447. The zero-order valence-corrected chi connectivity index (χ0v) is 28.7. The van der Waals surface area contributed by atoms with E-state index in [1.165, 1.54) is 28.8 Å². The Hall–Kier alpha value is -5.27. The zero-order valence-electron chi connectivity index (χ0n) is 28.7. The lowest BCUT2D eigenvalue weighted by atomic mass is 10.0. The monoisotopic (exact) mass is 703 g/mol. The molecule has 2 atom stereocenters. The van der Waals surface area contributed by atoms with Crippen LogP contribution in [0.5, 0.6) is 0 Å². The summed E-state index contributed by atoms with van der Waals surface area (Å²) < 4.78 is 30.6. The van der Waals surface area contributed by atoms with Crippen molar-refractivity contribution < 1.29 is 18.4 Å². The number of pyridine rings is 1. The Kier molecular flexibility index (Phi) is 8.39. The van der Waals surface area contributed by atoms with Crippen LogP contribution in [0.3, 0.4) is 0 Å². The molecule has 2 amide bonds. The average Bonchev–Trinajstić information content (AvgIpc) is 3.91. The van der Waals surface area contributed by atoms with E-state index in [0.29, 0.717) is 36.4 Å². The summed E-state index contributed by atoms with van der Waals surface area (Å²) in [5.41, 5.74) is 6.37. The third-order valence-electron chi connectivity index (χ3n) is 11.0. The molecule has 4 aliphatic heterocycles. The second-order valence-electron chi connectivity index (χ2n) is 14.2. The fourth-order valence-corrected chi connectivity index (χ4v) is 8.30. The molecule has 3 aromatic heterocycles. The molecule has 0 spiro atoms. The van der Waals surface area contributed by atoms with Crippen molar-refractivity contribution in [3.63, 3.8) is 0 Å². The zero-order chi connectivity index (χ0) is 35.3. The largest absolute Gasteiger partial charge is 0.354 e. The summed E-state index contributed by atoms with van der Waals surface area (Å²) in [6, 6.07) is 17.7. The van der Waals surface area contributed by atoms with Crippen molar-refractivity contribution in [2.24, 2.45) is 0 Å². The molecule has 0 aliphatic carbocycles. The van der Waals surface area contributed by atoms with Gasteiger partial charge in [-0.2, -0.15) is 5.10 Å². The van der Waals surface area contributed by atoms with Gasteiger partial charge in [0.1, 0.15) is 23.3 Å². The number of rotatable bonds is 7. The number of fused-ring (bicyclic) bond motifs is 2. The van der Waals surface area contributed by atoms with Crippen molar-refractivity contribution in [3.8, 4) is 11.3 Å².